The van der Waals surface area contributed by atoms with Gasteiger partial charge in [0.25, 0.3) is 11.7 Å². The van der Waals surface area contributed by atoms with Gasteiger partial charge in [0, 0.05) is 35.7 Å². The van der Waals surface area contributed by atoms with E-state index in [0.717, 1.165) is 42.1 Å². The third kappa shape index (κ3) is 3.95. The smallest absolute Gasteiger partial charge is 0.258 e. The van der Waals surface area contributed by atoms with E-state index in [1.165, 1.54) is 11.8 Å². The summed E-state index contributed by atoms with van der Waals surface area (Å²) in [5.41, 5.74) is 1.14. The van der Waals surface area contributed by atoms with Gasteiger partial charge in [0.05, 0.1) is 5.56 Å². The van der Waals surface area contributed by atoms with Gasteiger partial charge in [0.1, 0.15) is 18.2 Å². The average molecular weight is 463 g/mol. The summed E-state index contributed by atoms with van der Waals surface area (Å²) in [5, 5.41) is 3.58. The van der Waals surface area contributed by atoms with E-state index in [1.54, 1.807) is 18.3 Å². The van der Waals surface area contributed by atoms with Crippen molar-refractivity contribution < 1.29 is 23.7 Å². The van der Waals surface area contributed by atoms with Crippen molar-refractivity contribution in [2.75, 3.05) is 18.5 Å². The quantitative estimate of drug-likeness (QED) is 0.564. The van der Waals surface area contributed by atoms with Crippen LogP contribution in [0.1, 0.15) is 36.0 Å². The third-order valence-corrected chi connectivity index (χ3v) is 6.91. The largest absolute Gasteiger partial charge is 0.486 e. The van der Waals surface area contributed by atoms with E-state index in [-0.39, 0.29) is 5.91 Å². The minimum Gasteiger partial charge on any atom is -0.486 e. The topological polar surface area (TPSA) is 78.9 Å². The van der Waals surface area contributed by atoms with E-state index < -0.39 is 5.79 Å². The molecule has 0 saturated heterocycles. The highest BCUT2D eigenvalue weighted by Crippen LogP contribution is 2.47. The molecule has 3 aromatic rings. The first kappa shape index (κ1) is 20.2. The van der Waals surface area contributed by atoms with Gasteiger partial charge in [-0.25, -0.2) is 4.98 Å². The normalized spacial score (nSPS) is 17.2. The molecule has 1 amide bonds. The minimum atomic E-state index is -0.526. The number of hydrogen-bond acceptors (Lipinski definition) is 7. The highest BCUT2D eigenvalue weighted by Gasteiger charge is 2.44. The van der Waals surface area contributed by atoms with Crippen molar-refractivity contribution >= 4 is 23.4 Å². The SMILES string of the molecule is O=C(Nc1ccc2c(c1)OC1(CCCC1)O2)c1cccnc1Sc1ccc2c(c1)OCCO2. The van der Waals surface area contributed by atoms with Crippen molar-refractivity contribution in [1.29, 1.82) is 0 Å². The van der Waals surface area contributed by atoms with Gasteiger partial charge >= 0.3 is 0 Å². The second-order valence-corrected chi connectivity index (χ2v) is 9.26. The lowest BCUT2D eigenvalue weighted by molar-refractivity contribution is -0.0716. The van der Waals surface area contributed by atoms with Gasteiger partial charge < -0.3 is 24.3 Å². The summed E-state index contributed by atoms with van der Waals surface area (Å²) < 4.78 is 23.4. The molecule has 1 spiro atoms. The monoisotopic (exact) mass is 462 g/mol. The molecule has 1 N–H and O–H groups in total. The molecule has 0 radical (unpaired) electrons. The number of rotatable bonds is 4. The van der Waals surface area contributed by atoms with Crippen LogP contribution in [-0.4, -0.2) is 29.9 Å². The molecule has 7 nitrogen and oxygen atoms in total. The lowest BCUT2D eigenvalue weighted by Crippen LogP contribution is -2.34. The van der Waals surface area contributed by atoms with Crippen LogP contribution in [0.4, 0.5) is 5.69 Å². The Bertz CT molecular complexity index is 1230. The summed E-state index contributed by atoms with van der Waals surface area (Å²) in [4.78, 5) is 18.5. The Labute approximate surface area is 195 Å². The van der Waals surface area contributed by atoms with Crippen LogP contribution in [0.5, 0.6) is 23.0 Å². The number of hydrogen-bond donors (Lipinski definition) is 1. The lowest BCUT2D eigenvalue weighted by atomic mass is 10.2. The highest BCUT2D eigenvalue weighted by molar-refractivity contribution is 7.99. The molecular weight excluding hydrogens is 440 g/mol. The summed E-state index contributed by atoms with van der Waals surface area (Å²) in [6.07, 6.45) is 5.66. The summed E-state index contributed by atoms with van der Waals surface area (Å²) in [6, 6.07) is 14.8. The molecule has 3 aliphatic rings. The number of nitrogens with zero attached hydrogens (tertiary/aromatic N) is 1. The predicted octanol–water partition coefficient (Wildman–Crippen LogP) is 5.30. The second-order valence-electron chi connectivity index (χ2n) is 8.20. The van der Waals surface area contributed by atoms with Crippen LogP contribution in [0.3, 0.4) is 0 Å². The molecule has 2 aromatic carbocycles. The molecule has 33 heavy (non-hydrogen) atoms. The Kier molecular flexibility index (Phi) is 5.02. The van der Waals surface area contributed by atoms with E-state index in [0.29, 0.717) is 41.0 Å². The molecule has 1 aliphatic carbocycles. The van der Waals surface area contributed by atoms with Crippen molar-refractivity contribution in [2.45, 2.75) is 41.4 Å². The van der Waals surface area contributed by atoms with E-state index >= 15 is 0 Å². The Hall–Kier alpha value is -3.39. The number of aromatic nitrogens is 1. The summed E-state index contributed by atoms with van der Waals surface area (Å²) in [7, 11) is 0. The van der Waals surface area contributed by atoms with Crippen molar-refractivity contribution in [3.8, 4) is 23.0 Å². The summed E-state index contributed by atoms with van der Waals surface area (Å²) in [5.74, 6) is 2.07. The molecule has 0 unspecified atom stereocenters. The molecule has 2 aliphatic heterocycles. The molecule has 0 bridgehead atoms. The molecule has 1 saturated carbocycles. The zero-order chi connectivity index (χ0) is 22.3. The first-order valence-electron chi connectivity index (χ1n) is 11.0. The van der Waals surface area contributed by atoms with E-state index in [2.05, 4.69) is 10.3 Å². The molecule has 6 rings (SSSR count). The van der Waals surface area contributed by atoms with Crippen LogP contribution < -0.4 is 24.3 Å². The number of carbonyl (C=O) groups is 1. The standard InChI is InChI=1S/C25H22N2O5S/c28-23(27-16-5-7-20-22(14-16)32-25(31-20)9-1-2-10-25)18-4-3-11-26-24(18)33-17-6-8-19-21(15-17)30-13-12-29-19/h3-8,11,14-15H,1-2,9-10,12-13H2,(H,27,28). The van der Waals surface area contributed by atoms with Gasteiger partial charge in [-0.2, -0.15) is 0 Å². The molecule has 8 heteroatoms. The summed E-state index contributed by atoms with van der Waals surface area (Å²) in [6.45, 7) is 1.07. The molecule has 0 atom stereocenters. The fraction of sp³-hybridized carbons (Fsp3) is 0.280. The fourth-order valence-corrected chi connectivity index (χ4v) is 5.24. The van der Waals surface area contributed by atoms with Gasteiger partial charge in [-0.05, 0) is 55.3 Å². The summed E-state index contributed by atoms with van der Waals surface area (Å²) >= 11 is 1.41. The maximum absolute atomic E-state index is 13.1. The van der Waals surface area contributed by atoms with E-state index in [4.69, 9.17) is 18.9 Å². The molecule has 168 valence electrons. The van der Waals surface area contributed by atoms with Crippen LogP contribution in [0.25, 0.3) is 0 Å². The number of ether oxygens (including phenoxy) is 4. The van der Waals surface area contributed by atoms with Crippen LogP contribution in [0.2, 0.25) is 0 Å². The van der Waals surface area contributed by atoms with Gasteiger partial charge in [-0.1, -0.05) is 11.8 Å². The number of carbonyl (C=O) groups excluding carboxylic acids is 1. The molecular formula is C25H22N2O5S. The van der Waals surface area contributed by atoms with Crippen LogP contribution in [0, 0.1) is 0 Å². The second kappa shape index (κ2) is 8.19. The van der Waals surface area contributed by atoms with Gasteiger partial charge in [-0.15, -0.1) is 0 Å². The maximum atomic E-state index is 13.1. The van der Waals surface area contributed by atoms with Crippen molar-refractivity contribution in [3.05, 3.63) is 60.3 Å². The van der Waals surface area contributed by atoms with Gasteiger partial charge in [-0.3, -0.25) is 4.79 Å². The molecule has 1 aromatic heterocycles. The van der Waals surface area contributed by atoms with E-state index in [9.17, 15) is 4.79 Å². The number of benzene rings is 2. The van der Waals surface area contributed by atoms with Crippen molar-refractivity contribution in [1.82, 2.24) is 4.98 Å². The number of fused-ring (bicyclic) bond motifs is 2. The Balaban J connectivity index is 1.20. The predicted molar refractivity (Wildman–Crippen MR) is 123 cm³/mol. The first-order chi connectivity index (χ1) is 16.2. The number of nitrogens with one attached hydrogen (secondary N) is 1. The molecule has 3 heterocycles. The van der Waals surface area contributed by atoms with Crippen LogP contribution >= 0.6 is 11.8 Å². The zero-order valence-electron chi connectivity index (χ0n) is 17.8. The minimum absolute atomic E-state index is 0.238. The van der Waals surface area contributed by atoms with Crippen LogP contribution in [0.15, 0.2) is 64.6 Å². The van der Waals surface area contributed by atoms with Gasteiger partial charge in [0.2, 0.25) is 0 Å². The Morgan fingerprint density at radius 1 is 0.909 bits per heavy atom. The number of amides is 1. The number of anilines is 1. The van der Waals surface area contributed by atoms with E-state index in [1.807, 2.05) is 36.4 Å². The van der Waals surface area contributed by atoms with Crippen molar-refractivity contribution in [3.63, 3.8) is 0 Å². The Morgan fingerprint density at radius 3 is 2.58 bits per heavy atom. The average Bonchev–Trinajstić information content (AvgIpc) is 3.44. The van der Waals surface area contributed by atoms with Crippen LogP contribution in [-0.2, 0) is 0 Å². The maximum Gasteiger partial charge on any atom is 0.258 e. The fourth-order valence-electron chi connectivity index (χ4n) is 4.33. The molecule has 1 fully saturated rings. The van der Waals surface area contributed by atoms with Gasteiger partial charge in [0.15, 0.2) is 23.0 Å². The Morgan fingerprint density at radius 2 is 1.70 bits per heavy atom. The zero-order valence-corrected chi connectivity index (χ0v) is 18.7. The number of pyridine rings is 1. The first-order valence-corrected chi connectivity index (χ1v) is 11.9. The lowest BCUT2D eigenvalue weighted by Gasteiger charge is -2.21. The van der Waals surface area contributed by atoms with Crippen molar-refractivity contribution in [2.24, 2.45) is 0 Å². The third-order valence-electron chi connectivity index (χ3n) is 5.90. The highest BCUT2D eigenvalue weighted by atomic mass is 32.2.